The lowest BCUT2D eigenvalue weighted by Crippen LogP contribution is -2.13. The number of nitrogens with zero attached hydrogens (tertiary/aromatic N) is 1. The van der Waals surface area contributed by atoms with Gasteiger partial charge in [-0.25, -0.2) is 13.2 Å². The van der Waals surface area contributed by atoms with Crippen molar-refractivity contribution in [3.05, 3.63) is 52.0 Å². The molecule has 0 unspecified atom stereocenters. The van der Waals surface area contributed by atoms with Gasteiger partial charge in [-0.15, -0.1) is 0 Å². The van der Waals surface area contributed by atoms with Crippen LogP contribution in [0.4, 0.5) is 5.69 Å². The number of benzene rings is 2. The van der Waals surface area contributed by atoms with E-state index in [4.69, 9.17) is 20.8 Å². The number of nitrogens with one attached hydrogen (secondary N) is 1. The van der Waals surface area contributed by atoms with Crippen LogP contribution in [0.5, 0.6) is 5.75 Å². The predicted octanol–water partition coefficient (Wildman–Crippen LogP) is 3.62. The van der Waals surface area contributed by atoms with Crippen molar-refractivity contribution in [3.63, 3.8) is 0 Å². The monoisotopic (exact) mass is 410 g/mol. The largest absolute Gasteiger partial charge is 0.492 e. The standard InChI is InChI=1S/C18H19ClN2O5S/c1-11(2)10-25-16-7-4-12(8-14(16)19)20-27(23,24)13-5-6-15-17(9-13)26-18(22)21(15)3/h4-9,11,20H,10H2,1-3H3. The molecule has 1 N–H and O–H groups in total. The fraction of sp³-hybridized carbons (Fsp3) is 0.278. The van der Waals surface area contributed by atoms with Crippen LogP contribution in [0.25, 0.3) is 11.1 Å². The number of hydrogen-bond donors (Lipinski definition) is 1. The molecule has 3 rings (SSSR count). The maximum absolute atomic E-state index is 12.6. The second-order valence-electron chi connectivity index (χ2n) is 6.51. The number of oxazole rings is 1. The van der Waals surface area contributed by atoms with Crippen molar-refractivity contribution < 1.29 is 17.6 Å². The Bertz CT molecular complexity index is 1150. The molecule has 2 aromatic carbocycles. The van der Waals surface area contributed by atoms with E-state index in [1.807, 2.05) is 13.8 Å². The van der Waals surface area contributed by atoms with Crippen molar-refractivity contribution in [2.24, 2.45) is 13.0 Å². The maximum atomic E-state index is 12.6. The van der Waals surface area contributed by atoms with Crippen LogP contribution in [0.15, 0.2) is 50.5 Å². The molecule has 0 radical (unpaired) electrons. The van der Waals surface area contributed by atoms with Crippen LogP contribution in [0.2, 0.25) is 5.02 Å². The van der Waals surface area contributed by atoms with Crippen molar-refractivity contribution in [1.82, 2.24) is 4.57 Å². The zero-order valence-electron chi connectivity index (χ0n) is 15.0. The van der Waals surface area contributed by atoms with E-state index in [0.717, 1.165) is 0 Å². The summed E-state index contributed by atoms with van der Waals surface area (Å²) >= 11 is 6.17. The van der Waals surface area contributed by atoms with E-state index >= 15 is 0 Å². The molecular weight excluding hydrogens is 392 g/mol. The van der Waals surface area contributed by atoms with Gasteiger partial charge in [0.15, 0.2) is 5.58 Å². The van der Waals surface area contributed by atoms with Crippen LogP contribution in [0.3, 0.4) is 0 Å². The lowest BCUT2D eigenvalue weighted by Gasteiger charge is -2.12. The molecule has 0 bridgehead atoms. The van der Waals surface area contributed by atoms with E-state index in [2.05, 4.69) is 4.72 Å². The van der Waals surface area contributed by atoms with Gasteiger partial charge in [0.25, 0.3) is 10.0 Å². The zero-order valence-corrected chi connectivity index (χ0v) is 16.6. The van der Waals surface area contributed by atoms with Gasteiger partial charge in [0, 0.05) is 13.1 Å². The number of halogens is 1. The minimum absolute atomic E-state index is 0.0272. The minimum Gasteiger partial charge on any atom is -0.492 e. The van der Waals surface area contributed by atoms with E-state index in [1.165, 1.54) is 28.8 Å². The Hall–Kier alpha value is -2.45. The van der Waals surface area contributed by atoms with Gasteiger partial charge in [-0.2, -0.15) is 0 Å². The Balaban J connectivity index is 1.86. The van der Waals surface area contributed by atoms with Gasteiger partial charge in [-0.3, -0.25) is 9.29 Å². The quantitative estimate of drug-likeness (QED) is 0.670. The summed E-state index contributed by atoms with van der Waals surface area (Å²) in [5.74, 6) is 0.268. The molecule has 9 heteroatoms. The number of aryl methyl sites for hydroxylation is 1. The first-order valence-electron chi connectivity index (χ1n) is 8.22. The van der Waals surface area contributed by atoms with Crippen molar-refractivity contribution in [3.8, 4) is 5.75 Å². The summed E-state index contributed by atoms with van der Waals surface area (Å²) in [5, 5.41) is 0.306. The number of rotatable bonds is 6. The number of ether oxygens (including phenoxy) is 1. The summed E-state index contributed by atoms with van der Waals surface area (Å²) in [6.07, 6.45) is 0. The van der Waals surface area contributed by atoms with Crippen LogP contribution in [0, 0.1) is 5.92 Å². The van der Waals surface area contributed by atoms with E-state index in [9.17, 15) is 13.2 Å². The smallest absolute Gasteiger partial charge is 0.419 e. The van der Waals surface area contributed by atoms with E-state index in [-0.39, 0.29) is 10.5 Å². The summed E-state index contributed by atoms with van der Waals surface area (Å²) in [6, 6.07) is 8.89. The van der Waals surface area contributed by atoms with Crippen LogP contribution in [-0.2, 0) is 17.1 Å². The molecule has 0 aliphatic rings. The Morgan fingerprint density at radius 1 is 1.22 bits per heavy atom. The van der Waals surface area contributed by atoms with Crippen LogP contribution < -0.4 is 15.2 Å². The second kappa shape index (κ2) is 7.28. The highest BCUT2D eigenvalue weighted by atomic mass is 35.5. The van der Waals surface area contributed by atoms with Gasteiger partial charge in [0.05, 0.1) is 27.7 Å². The lowest BCUT2D eigenvalue weighted by atomic mass is 10.2. The summed E-state index contributed by atoms with van der Waals surface area (Å²) in [7, 11) is -2.34. The molecular formula is C18H19ClN2O5S. The van der Waals surface area contributed by atoms with Gasteiger partial charge < -0.3 is 9.15 Å². The highest BCUT2D eigenvalue weighted by Crippen LogP contribution is 2.29. The third kappa shape index (κ3) is 4.12. The Labute approximate surface area is 161 Å². The molecule has 0 aliphatic heterocycles. The molecule has 27 heavy (non-hydrogen) atoms. The first kappa shape index (κ1) is 19.3. The fourth-order valence-corrected chi connectivity index (χ4v) is 3.73. The van der Waals surface area contributed by atoms with Crippen LogP contribution >= 0.6 is 11.6 Å². The van der Waals surface area contributed by atoms with E-state index < -0.39 is 15.8 Å². The first-order chi connectivity index (χ1) is 12.7. The summed E-state index contributed by atoms with van der Waals surface area (Å²) < 4.78 is 39.7. The summed E-state index contributed by atoms with van der Waals surface area (Å²) in [5.41, 5.74) is 1.00. The Morgan fingerprint density at radius 3 is 2.63 bits per heavy atom. The van der Waals surface area contributed by atoms with Gasteiger partial charge >= 0.3 is 5.76 Å². The third-order valence-corrected chi connectivity index (χ3v) is 5.50. The number of hydrogen-bond acceptors (Lipinski definition) is 5. The van der Waals surface area contributed by atoms with Gasteiger partial charge in [0.2, 0.25) is 0 Å². The van der Waals surface area contributed by atoms with Gasteiger partial charge in [0.1, 0.15) is 5.75 Å². The molecule has 3 aromatic rings. The normalized spacial score (nSPS) is 11.9. The van der Waals surface area contributed by atoms with Crippen LogP contribution in [-0.4, -0.2) is 19.6 Å². The molecule has 0 atom stereocenters. The number of anilines is 1. The fourth-order valence-electron chi connectivity index (χ4n) is 2.43. The molecule has 0 amide bonds. The van der Waals surface area contributed by atoms with Crippen molar-refractivity contribution in [2.45, 2.75) is 18.7 Å². The highest BCUT2D eigenvalue weighted by molar-refractivity contribution is 7.92. The topological polar surface area (TPSA) is 90.5 Å². The Morgan fingerprint density at radius 2 is 1.96 bits per heavy atom. The number of fused-ring (bicyclic) bond motifs is 1. The van der Waals surface area contributed by atoms with Gasteiger partial charge in [-0.05, 0) is 36.2 Å². The van der Waals surface area contributed by atoms with Crippen molar-refractivity contribution in [2.75, 3.05) is 11.3 Å². The number of sulfonamides is 1. The lowest BCUT2D eigenvalue weighted by molar-refractivity contribution is 0.271. The first-order valence-corrected chi connectivity index (χ1v) is 10.1. The van der Waals surface area contributed by atoms with E-state index in [0.29, 0.717) is 34.5 Å². The van der Waals surface area contributed by atoms with Crippen molar-refractivity contribution in [1.29, 1.82) is 0 Å². The zero-order chi connectivity index (χ0) is 19.8. The number of aromatic nitrogens is 1. The van der Waals surface area contributed by atoms with E-state index in [1.54, 1.807) is 19.2 Å². The molecule has 144 valence electrons. The highest BCUT2D eigenvalue weighted by Gasteiger charge is 2.18. The average molecular weight is 411 g/mol. The second-order valence-corrected chi connectivity index (χ2v) is 8.60. The minimum atomic E-state index is -3.88. The molecule has 1 heterocycles. The molecule has 1 aromatic heterocycles. The average Bonchev–Trinajstić information content (AvgIpc) is 2.87. The molecule has 0 spiro atoms. The molecule has 0 fully saturated rings. The third-order valence-electron chi connectivity index (χ3n) is 3.83. The van der Waals surface area contributed by atoms with Gasteiger partial charge in [-0.1, -0.05) is 25.4 Å². The molecule has 0 aliphatic carbocycles. The summed E-state index contributed by atoms with van der Waals surface area (Å²) in [6.45, 7) is 4.54. The SMILES string of the molecule is CC(C)COc1ccc(NS(=O)(=O)c2ccc3c(c2)oc(=O)n3C)cc1Cl. The van der Waals surface area contributed by atoms with Crippen LogP contribution in [0.1, 0.15) is 13.8 Å². The van der Waals surface area contributed by atoms with Crippen molar-refractivity contribution >= 4 is 38.4 Å². The predicted molar refractivity (Wildman–Crippen MR) is 104 cm³/mol. The summed E-state index contributed by atoms with van der Waals surface area (Å²) in [4.78, 5) is 11.5. The Kier molecular flexibility index (Phi) is 5.21. The molecule has 0 saturated carbocycles. The molecule has 0 saturated heterocycles. The molecule has 7 nitrogen and oxygen atoms in total. The maximum Gasteiger partial charge on any atom is 0.419 e.